The lowest BCUT2D eigenvalue weighted by Gasteiger charge is -2.35. The average Bonchev–Trinajstić information content (AvgIpc) is 2.97. The number of likely N-dealkylation sites (tertiary alicyclic amines) is 1. The van der Waals surface area contributed by atoms with Gasteiger partial charge >= 0.3 is 0 Å². The van der Waals surface area contributed by atoms with Gasteiger partial charge in [0.05, 0.1) is 6.61 Å². The molecule has 0 bridgehead atoms. The average molecular weight is 274 g/mol. The Kier molecular flexibility index (Phi) is 3.74. The molecule has 0 aromatic heterocycles. The van der Waals surface area contributed by atoms with Crippen molar-refractivity contribution in [2.45, 2.75) is 32.9 Å². The summed E-state index contributed by atoms with van der Waals surface area (Å²) in [5.41, 5.74) is 1.68. The molecule has 3 rings (SSSR count). The van der Waals surface area contributed by atoms with E-state index in [0.29, 0.717) is 5.54 Å². The molecule has 0 saturated carbocycles. The third-order valence-corrected chi connectivity index (χ3v) is 5.12. The molecule has 2 aliphatic rings. The summed E-state index contributed by atoms with van der Waals surface area (Å²) in [6, 6.07) is 8.58. The molecule has 0 amide bonds. The molecule has 2 unspecified atom stereocenters. The van der Waals surface area contributed by atoms with Gasteiger partial charge in [0.25, 0.3) is 0 Å². The number of hydrogen-bond donors (Lipinski definition) is 1. The van der Waals surface area contributed by atoms with Gasteiger partial charge < -0.3 is 10.1 Å². The van der Waals surface area contributed by atoms with E-state index in [1.807, 2.05) is 6.92 Å². The zero-order chi connectivity index (χ0) is 14.2. The number of rotatable bonds is 4. The van der Waals surface area contributed by atoms with Crippen molar-refractivity contribution in [3.8, 4) is 5.75 Å². The molecular weight excluding hydrogens is 248 g/mol. The molecule has 2 fully saturated rings. The number of fused-ring (bicyclic) bond motifs is 1. The fourth-order valence-corrected chi connectivity index (χ4v) is 3.85. The molecule has 2 heterocycles. The minimum atomic E-state index is 0.298. The lowest BCUT2D eigenvalue weighted by molar-refractivity contribution is 0.132. The van der Waals surface area contributed by atoms with Gasteiger partial charge in [-0.05, 0) is 56.8 Å². The van der Waals surface area contributed by atoms with Crippen LogP contribution in [0.1, 0.15) is 26.3 Å². The van der Waals surface area contributed by atoms with Gasteiger partial charge in [0.2, 0.25) is 0 Å². The normalized spacial score (nSPS) is 28.6. The molecule has 1 aromatic rings. The summed E-state index contributed by atoms with van der Waals surface area (Å²) in [6.07, 6.45) is 0. The molecule has 20 heavy (non-hydrogen) atoms. The summed E-state index contributed by atoms with van der Waals surface area (Å²) in [4.78, 5) is 2.65. The number of nitrogens with one attached hydrogen (secondary N) is 1. The van der Waals surface area contributed by atoms with E-state index in [-0.39, 0.29) is 0 Å². The van der Waals surface area contributed by atoms with Crippen LogP contribution in [0.5, 0.6) is 5.75 Å². The fraction of sp³-hybridized carbons (Fsp3) is 0.647. The maximum Gasteiger partial charge on any atom is 0.119 e. The molecule has 3 nitrogen and oxygen atoms in total. The Morgan fingerprint density at radius 3 is 2.65 bits per heavy atom. The monoisotopic (exact) mass is 274 g/mol. The van der Waals surface area contributed by atoms with Gasteiger partial charge in [-0.1, -0.05) is 12.1 Å². The minimum Gasteiger partial charge on any atom is -0.494 e. The second-order valence-corrected chi connectivity index (χ2v) is 6.64. The number of ether oxygens (including phenoxy) is 1. The second kappa shape index (κ2) is 5.38. The van der Waals surface area contributed by atoms with Gasteiger partial charge in [-0.3, -0.25) is 4.90 Å². The zero-order valence-corrected chi connectivity index (χ0v) is 12.9. The molecule has 2 atom stereocenters. The first-order valence-corrected chi connectivity index (χ1v) is 7.78. The maximum atomic E-state index is 5.51. The Morgan fingerprint density at radius 1 is 1.25 bits per heavy atom. The van der Waals surface area contributed by atoms with Crippen LogP contribution < -0.4 is 10.1 Å². The van der Waals surface area contributed by atoms with Crippen molar-refractivity contribution in [2.75, 3.05) is 26.2 Å². The summed E-state index contributed by atoms with van der Waals surface area (Å²) >= 11 is 0. The number of benzene rings is 1. The standard InChI is InChI=1S/C17H26N2O/c1-4-20-15-7-5-13(6-8-15)11-19-12-14-9-18-10-16(14)17(19,2)3/h5-8,14,16,18H,4,9-12H2,1-3H3. The van der Waals surface area contributed by atoms with Crippen molar-refractivity contribution in [2.24, 2.45) is 11.8 Å². The van der Waals surface area contributed by atoms with Crippen LogP contribution in [-0.2, 0) is 6.54 Å². The highest BCUT2D eigenvalue weighted by atomic mass is 16.5. The first-order valence-electron chi connectivity index (χ1n) is 7.78. The van der Waals surface area contributed by atoms with E-state index in [1.54, 1.807) is 0 Å². The van der Waals surface area contributed by atoms with Crippen molar-refractivity contribution in [1.82, 2.24) is 10.2 Å². The second-order valence-electron chi connectivity index (χ2n) is 6.64. The predicted molar refractivity (Wildman–Crippen MR) is 81.9 cm³/mol. The third kappa shape index (κ3) is 2.45. The van der Waals surface area contributed by atoms with Crippen molar-refractivity contribution < 1.29 is 4.74 Å². The summed E-state index contributed by atoms with van der Waals surface area (Å²) in [6.45, 7) is 12.2. The highest BCUT2D eigenvalue weighted by Gasteiger charge is 2.49. The van der Waals surface area contributed by atoms with Crippen LogP contribution in [-0.4, -0.2) is 36.7 Å². The van der Waals surface area contributed by atoms with Crippen LogP contribution >= 0.6 is 0 Å². The van der Waals surface area contributed by atoms with Crippen LogP contribution in [0.3, 0.4) is 0 Å². The lowest BCUT2D eigenvalue weighted by Crippen LogP contribution is -2.43. The highest BCUT2D eigenvalue weighted by Crippen LogP contribution is 2.41. The fourth-order valence-electron chi connectivity index (χ4n) is 3.85. The van der Waals surface area contributed by atoms with E-state index in [4.69, 9.17) is 4.74 Å². The van der Waals surface area contributed by atoms with Crippen LogP contribution in [0.2, 0.25) is 0 Å². The Hall–Kier alpha value is -1.06. The molecule has 3 heteroatoms. The smallest absolute Gasteiger partial charge is 0.119 e. The zero-order valence-electron chi connectivity index (χ0n) is 12.9. The Labute approximate surface area is 122 Å². The van der Waals surface area contributed by atoms with Crippen molar-refractivity contribution in [3.05, 3.63) is 29.8 Å². The van der Waals surface area contributed by atoms with Crippen LogP contribution in [0.25, 0.3) is 0 Å². The van der Waals surface area contributed by atoms with E-state index in [9.17, 15) is 0 Å². The van der Waals surface area contributed by atoms with Crippen LogP contribution in [0, 0.1) is 11.8 Å². The predicted octanol–water partition coefficient (Wildman–Crippen LogP) is 2.52. The lowest BCUT2D eigenvalue weighted by atomic mass is 9.85. The summed E-state index contributed by atoms with van der Waals surface area (Å²) in [5, 5.41) is 3.54. The van der Waals surface area contributed by atoms with Gasteiger partial charge in [0.15, 0.2) is 0 Å². The van der Waals surface area contributed by atoms with Crippen molar-refractivity contribution in [3.63, 3.8) is 0 Å². The number of hydrogen-bond acceptors (Lipinski definition) is 3. The third-order valence-electron chi connectivity index (χ3n) is 5.12. The van der Waals surface area contributed by atoms with E-state index < -0.39 is 0 Å². The first-order chi connectivity index (χ1) is 9.61. The Bertz CT molecular complexity index is 455. The van der Waals surface area contributed by atoms with Crippen molar-refractivity contribution >= 4 is 0 Å². The summed E-state index contributed by atoms with van der Waals surface area (Å²) in [7, 11) is 0. The molecule has 1 N–H and O–H groups in total. The van der Waals surface area contributed by atoms with Crippen LogP contribution in [0.4, 0.5) is 0 Å². The molecule has 0 radical (unpaired) electrons. The van der Waals surface area contributed by atoms with E-state index in [0.717, 1.165) is 30.7 Å². The molecular formula is C17H26N2O. The molecule has 2 saturated heterocycles. The topological polar surface area (TPSA) is 24.5 Å². The largest absolute Gasteiger partial charge is 0.494 e. The van der Waals surface area contributed by atoms with E-state index in [2.05, 4.69) is 48.3 Å². The Balaban J connectivity index is 1.68. The van der Waals surface area contributed by atoms with Gasteiger partial charge in [0, 0.05) is 25.2 Å². The highest BCUT2D eigenvalue weighted by molar-refractivity contribution is 5.27. The first kappa shape index (κ1) is 13.9. The number of nitrogens with zero attached hydrogens (tertiary/aromatic N) is 1. The van der Waals surface area contributed by atoms with E-state index in [1.165, 1.54) is 25.2 Å². The van der Waals surface area contributed by atoms with Gasteiger partial charge in [-0.2, -0.15) is 0 Å². The Morgan fingerprint density at radius 2 is 2.00 bits per heavy atom. The molecule has 110 valence electrons. The van der Waals surface area contributed by atoms with Crippen molar-refractivity contribution in [1.29, 1.82) is 0 Å². The van der Waals surface area contributed by atoms with Gasteiger partial charge in [0.1, 0.15) is 5.75 Å². The molecule has 2 aliphatic heterocycles. The SMILES string of the molecule is CCOc1ccc(CN2CC3CNCC3C2(C)C)cc1. The van der Waals surface area contributed by atoms with Crippen LogP contribution in [0.15, 0.2) is 24.3 Å². The molecule has 1 aromatic carbocycles. The summed E-state index contributed by atoms with van der Waals surface area (Å²) in [5.74, 6) is 2.59. The van der Waals surface area contributed by atoms with Gasteiger partial charge in [-0.15, -0.1) is 0 Å². The van der Waals surface area contributed by atoms with Gasteiger partial charge in [-0.25, -0.2) is 0 Å². The van der Waals surface area contributed by atoms with E-state index >= 15 is 0 Å². The quantitative estimate of drug-likeness (QED) is 0.913. The molecule has 0 aliphatic carbocycles. The maximum absolute atomic E-state index is 5.51. The summed E-state index contributed by atoms with van der Waals surface area (Å²) < 4.78 is 5.51. The molecule has 0 spiro atoms. The minimum absolute atomic E-state index is 0.298.